The van der Waals surface area contributed by atoms with E-state index in [4.69, 9.17) is 5.73 Å². The summed E-state index contributed by atoms with van der Waals surface area (Å²) in [5.74, 6) is -0.0469. The molecule has 0 radical (unpaired) electrons. The number of aromatic amines is 1. The molecule has 1 saturated heterocycles. The first-order valence-electron chi connectivity index (χ1n) is 10.7. The number of aromatic nitrogens is 2. The second-order valence-electron chi connectivity index (χ2n) is 8.61. The Balaban J connectivity index is 1.36. The predicted octanol–water partition coefficient (Wildman–Crippen LogP) is 1.22. The van der Waals surface area contributed by atoms with E-state index in [1.807, 2.05) is 4.90 Å². The van der Waals surface area contributed by atoms with Crippen molar-refractivity contribution in [1.29, 1.82) is 0 Å². The van der Waals surface area contributed by atoms with Gasteiger partial charge in [0.25, 0.3) is 5.56 Å². The molecule has 1 saturated carbocycles. The first kappa shape index (κ1) is 20.4. The van der Waals surface area contributed by atoms with Crippen LogP contribution in [0.15, 0.2) is 33.9 Å². The molecule has 1 aromatic heterocycles. The van der Waals surface area contributed by atoms with Crippen LogP contribution in [0.1, 0.15) is 38.5 Å². The molecule has 2 heterocycles. The fraction of sp³-hybridized carbons (Fsp3) is 0.545. The van der Waals surface area contributed by atoms with E-state index < -0.39 is 0 Å². The van der Waals surface area contributed by atoms with Gasteiger partial charge in [-0.15, -0.1) is 0 Å². The lowest BCUT2D eigenvalue weighted by molar-refractivity contribution is -0.139. The van der Waals surface area contributed by atoms with Crippen LogP contribution in [0, 0.1) is 17.8 Å². The number of likely N-dealkylation sites (tertiary alicyclic amines) is 1. The van der Waals surface area contributed by atoms with Crippen molar-refractivity contribution in [3.05, 3.63) is 45.1 Å². The van der Waals surface area contributed by atoms with Crippen molar-refractivity contribution >= 4 is 22.7 Å². The van der Waals surface area contributed by atoms with Crippen LogP contribution in [-0.4, -0.2) is 39.4 Å². The third-order valence-electron chi connectivity index (χ3n) is 6.74. The van der Waals surface area contributed by atoms with Crippen LogP contribution in [0.3, 0.4) is 0 Å². The molecule has 1 aliphatic heterocycles. The number of para-hydroxylation sites is 1. The van der Waals surface area contributed by atoms with Gasteiger partial charge in [0.05, 0.1) is 10.9 Å². The van der Waals surface area contributed by atoms with Crippen LogP contribution in [0.2, 0.25) is 0 Å². The number of carbonyl (C=O) groups is 2. The average Bonchev–Trinajstić information content (AvgIpc) is 2.76. The van der Waals surface area contributed by atoms with E-state index in [2.05, 4.69) is 4.98 Å². The van der Waals surface area contributed by atoms with Gasteiger partial charge in [0.15, 0.2) is 0 Å². The molecule has 160 valence electrons. The van der Waals surface area contributed by atoms with Gasteiger partial charge in [0.2, 0.25) is 11.8 Å². The summed E-state index contributed by atoms with van der Waals surface area (Å²) in [7, 11) is 0. The van der Waals surface area contributed by atoms with Crippen LogP contribution in [0.5, 0.6) is 0 Å². The van der Waals surface area contributed by atoms with Crippen molar-refractivity contribution < 1.29 is 9.59 Å². The van der Waals surface area contributed by atoms with E-state index in [1.165, 1.54) is 4.57 Å². The molecule has 30 heavy (non-hydrogen) atoms. The number of H-pyrrole nitrogens is 1. The standard InChI is InChI=1S/C22H28N4O4/c23-19(27)15-9-11-25(12-10-15)20(28)16-7-5-14(6-8-16)13-26-21(29)17-3-1-2-4-18(17)24-22(26)30/h1-4,14-16H,5-13H2,(H2,23,27)(H,24,30). The van der Waals surface area contributed by atoms with Gasteiger partial charge in [0.1, 0.15) is 0 Å². The highest BCUT2D eigenvalue weighted by molar-refractivity contribution is 5.80. The Hall–Kier alpha value is -2.90. The molecule has 3 N–H and O–H groups in total. The zero-order chi connectivity index (χ0) is 21.3. The smallest absolute Gasteiger partial charge is 0.328 e. The van der Waals surface area contributed by atoms with E-state index in [1.54, 1.807) is 24.3 Å². The summed E-state index contributed by atoms with van der Waals surface area (Å²) in [6, 6.07) is 7.03. The summed E-state index contributed by atoms with van der Waals surface area (Å²) in [6.45, 7) is 1.56. The molecule has 2 amide bonds. The maximum Gasteiger partial charge on any atom is 0.328 e. The lowest BCUT2D eigenvalue weighted by Gasteiger charge is -2.35. The summed E-state index contributed by atoms with van der Waals surface area (Å²) in [5, 5.41) is 0.514. The Morgan fingerprint density at radius 2 is 1.63 bits per heavy atom. The fourth-order valence-corrected chi connectivity index (χ4v) is 4.86. The topological polar surface area (TPSA) is 118 Å². The average molecular weight is 412 g/mol. The van der Waals surface area contributed by atoms with Crippen LogP contribution in [0.25, 0.3) is 10.9 Å². The van der Waals surface area contributed by atoms with Gasteiger partial charge >= 0.3 is 5.69 Å². The Kier molecular flexibility index (Phi) is 5.74. The van der Waals surface area contributed by atoms with Crippen molar-refractivity contribution in [2.75, 3.05) is 13.1 Å². The maximum atomic E-state index is 12.8. The number of hydrogen-bond donors (Lipinski definition) is 2. The second kappa shape index (κ2) is 8.45. The van der Waals surface area contributed by atoms with E-state index in [0.717, 1.165) is 25.7 Å². The minimum absolute atomic E-state index is 0.0158. The van der Waals surface area contributed by atoms with Crippen LogP contribution in [-0.2, 0) is 16.1 Å². The Labute approximate surface area is 174 Å². The van der Waals surface area contributed by atoms with Crippen molar-refractivity contribution in [2.24, 2.45) is 23.5 Å². The highest BCUT2D eigenvalue weighted by Crippen LogP contribution is 2.31. The number of piperidine rings is 1. The van der Waals surface area contributed by atoms with E-state index >= 15 is 0 Å². The van der Waals surface area contributed by atoms with Crippen molar-refractivity contribution in [3.63, 3.8) is 0 Å². The molecule has 1 aromatic carbocycles. The molecule has 2 aromatic rings. The zero-order valence-corrected chi connectivity index (χ0v) is 17.0. The SMILES string of the molecule is NC(=O)C1CCN(C(=O)C2CCC(Cn3c(=O)[nH]c4ccccc4c3=O)CC2)CC1. The summed E-state index contributed by atoms with van der Waals surface area (Å²) in [5.41, 5.74) is 5.28. The first-order chi connectivity index (χ1) is 14.4. The third-order valence-corrected chi connectivity index (χ3v) is 6.74. The normalized spacial score (nSPS) is 22.9. The van der Waals surface area contributed by atoms with Gasteiger partial charge in [-0.2, -0.15) is 0 Å². The number of carbonyl (C=O) groups excluding carboxylic acids is 2. The quantitative estimate of drug-likeness (QED) is 0.785. The number of hydrogen-bond acceptors (Lipinski definition) is 4. The fourth-order valence-electron chi connectivity index (χ4n) is 4.86. The van der Waals surface area contributed by atoms with Crippen molar-refractivity contribution in [1.82, 2.24) is 14.5 Å². The largest absolute Gasteiger partial charge is 0.369 e. The number of fused-ring (bicyclic) bond motifs is 1. The van der Waals surface area contributed by atoms with Crippen LogP contribution >= 0.6 is 0 Å². The Bertz CT molecular complexity index is 1060. The van der Waals surface area contributed by atoms with Gasteiger partial charge in [-0.1, -0.05) is 12.1 Å². The van der Waals surface area contributed by atoms with Crippen molar-refractivity contribution in [3.8, 4) is 0 Å². The molecule has 0 atom stereocenters. The molecule has 2 fully saturated rings. The number of amides is 2. The molecular weight excluding hydrogens is 384 g/mol. The highest BCUT2D eigenvalue weighted by Gasteiger charge is 2.32. The van der Waals surface area contributed by atoms with Gasteiger partial charge in [-0.25, -0.2) is 4.79 Å². The molecule has 0 spiro atoms. The highest BCUT2D eigenvalue weighted by atomic mass is 16.2. The minimum Gasteiger partial charge on any atom is -0.369 e. The molecule has 2 aliphatic rings. The Morgan fingerprint density at radius 1 is 0.967 bits per heavy atom. The summed E-state index contributed by atoms with van der Waals surface area (Å²) in [6.07, 6.45) is 4.44. The summed E-state index contributed by atoms with van der Waals surface area (Å²) < 4.78 is 1.30. The van der Waals surface area contributed by atoms with Crippen molar-refractivity contribution in [2.45, 2.75) is 45.1 Å². The molecular formula is C22H28N4O4. The molecule has 8 heteroatoms. The maximum absolute atomic E-state index is 12.8. The first-order valence-corrected chi connectivity index (χ1v) is 10.7. The molecule has 4 rings (SSSR count). The van der Waals surface area contributed by atoms with Crippen LogP contribution in [0.4, 0.5) is 0 Å². The lowest BCUT2D eigenvalue weighted by Crippen LogP contribution is -2.45. The lowest BCUT2D eigenvalue weighted by atomic mass is 9.81. The van der Waals surface area contributed by atoms with Gasteiger partial charge in [-0.05, 0) is 56.6 Å². The van der Waals surface area contributed by atoms with Crippen LogP contribution < -0.4 is 17.0 Å². The predicted molar refractivity (Wildman–Crippen MR) is 113 cm³/mol. The monoisotopic (exact) mass is 412 g/mol. The number of primary amides is 1. The number of nitrogens with two attached hydrogens (primary N) is 1. The van der Waals surface area contributed by atoms with E-state index in [-0.39, 0.29) is 40.8 Å². The second-order valence-corrected chi connectivity index (χ2v) is 8.61. The van der Waals surface area contributed by atoms with Gasteiger partial charge in [-0.3, -0.25) is 19.0 Å². The molecule has 1 aliphatic carbocycles. The summed E-state index contributed by atoms with van der Waals surface area (Å²) in [4.78, 5) is 53.9. The molecule has 8 nitrogen and oxygen atoms in total. The number of nitrogens with zero attached hydrogens (tertiary/aromatic N) is 2. The number of rotatable bonds is 4. The van der Waals surface area contributed by atoms with Gasteiger partial charge < -0.3 is 15.6 Å². The number of nitrogens with one attached hydrogen (secondary N) is 1. The molecule has 0 bridgehead atoms. The third kappa shape index (κ3) is 4.04. The Morgan fingerprint density at radius 3 is 2.30 bits per heavy atom. The molecule has 0 unspecified atom stereocenters. The van der Waals surface area contributed by atoms with Gasteiger partial charge in [0, 0.05) is 31.5 Å². The summed E-state index contributed by atoms with van der Waals surface area (Å²) >= 11 is 0. The zero-order valence-electron chi connectivity index (χ0n) is 17.0. The van der Waals surface area contributed by atoms with E-state index in [9.17, 15) is 19.2 Å². The number of benzene rings is 1. The minimum atomic E-state index is -0.380. The van der Waals surface area contributed by atoms with E-state index in [0.29, 0.717) is 43.4 Å².